The number of hydrogen-bond acceptors (Lipinski definition) is 2. The van der Waals surface area contributed by atoms with Crippen LogP contribution in [-0.4, -0.2) is 11.3 Å². The summed E-state index contributed by atoms with van der Waals surface area (Å²) in [4.78, 5) is 5.25. The summed E-state index contributed by atoms with van der Waals surface area (Å²) in [7, 11) is 0. The second kappa shape index (κ2) is 22.6. The first-order valence-corrected chi connectivity index (χ1v) is 35.4. The molecule has 96 heavy (non-hydrogen) atoms. The van der Waals surface area contributed by atoms with Crippen LogP contribution in [-0.2, 0) is 43.3 Å². The van der Waals surface area contributed by atoms with Crippen LogP contribution in [0.5, 0.6) is 0 Å². The van der Waals surface area contributed by atoms with E-state index in [2.05, 4.69) is 375 Å². The van der Waals surface area contributed by atoms with Gasteiger partial charge in [-0.3, -0.25) is 0 Å². The molecule has 11 aromatic rings. The highest BCUT2D eigenvalue weighted by molar-refractivity contribution is 7.00. The van der Waals surface area contributed by atoms with Gasteiger partial charge < -0.3 is 14.4 Å². The molecular formula is C92H104BN3. The summed E-state index contributed by atoms with van der Waals surface area (Å²) in [5.74, 6) is 0. The van der Waals surface area contributed by atoms with Crippen LogP contribution in [0.15, 0.2) is 194 Å². The highest BCUT2D eigenvalue weighted by Gasteiger charge is 2.45. The lowest BCUT2D eigenvalue weighted by Crippen LogP contribution is -2.61. The molecule has 4 heteroatoms. The molecule has 0 saturated heterocycles. The predicted octanol–water partition coefficient (Wildman–Crippen LogP) is 24.2. The molecule has 0 aliphatic carbocycles. The molecule has 3 nitrogen and oxygen atoms in total. The fourth-order valence-electron chi connectivity index (χ4n) is 14.7. The summed E-state index contributed by atoms with van der Waals surface area (Å²) < 4.78 is 2.57. The first-order valence-electron chi connectivity index (χ1n) is 35.4. The Bertz CT molecular complexity index is 4740. The van der Waals surface area contributed by atoms with Crippen molar-refractivity contribution < 1.29 is 0 Å². The standard InChI is InChI=1S/C92H104BN3/c1-85(2,3)63-44-60(45-64(51-63)86(4,5)6)57-32-37-71(38-33-57)94-79-30-27-31-80-83(79)93(75-41-36-59(50-81(75)94)62-48-67(89(13,14)15)53-68(49-62)90(16,17)18)76-42-43-78-82(74-28-25-26-29-77(74)95(78)73-55-69(91(19,20)21)54-70(56-73)92(22,23)24)84(76)96(80)72-39-34-58(35-40-72)61-46-65(87(7,8)9)52-66(47-61)88(10,11)12/h25-56H,1-24H3. The molecule has 0 fully saturated rings. The molecule has 0 saturated carbocycles. The average Bonchev–Trinajstić information content (AvgIpc) is 0.826. The summed E-state index contributed by atoms with van der Waals surface area (Å²) >= 11 is 0. The maximum Gasteiger partial charge on any atom is 0.252 e. The molecule has 490 valence electrons. The lowest BCUT2D eigenvalue weighted by molar-refractivity contribution is 0.567. The Labute approximate surface area is 577 Å². The summed E-state index contributed by atoms with van der Waals surface area (Å²) in [5, 5.41) is 2.49. The van der Waals surface area contributed by atoms with Crippen molar-refractivity contribution in [1.82, 2.24) is 4.57 Å². The smallest absolute Gasteiger partial charge is 0.252 e. The van der Waals surface area contributed by atoms with Crippen molar-refractivity contribution in [3.63, 3.8) is 0 Å². The normalized spacial score (nSPS) is 14.0. The molecule has 10 aromatic carbocycles. The maximum absolute atomic E-state index is 2.65. The molecule has 2 aliphatic heterocycles. The van der Waals surface area contributed by atoms with Gasteiger partial charge in [-0.2, -0.15) is 0 Å². The quantitative estimate of drug-likeness (QED) is 0.154. The van der Waals surface area contributed by atoms with Gasteiger partial charge in [0.25, 0.3) is 6.71 Å². The molecule has 0 unspecified atom stereocenters. The van der Waals surface area contributed by atoms with Gasteiger partial charge in [-0.15, -0.1) is 0 Å². The first-order chi connectivity index (χ1) is 44.6. The number of rotatable bonds is 6. The first kappa shape index (κ1) is 66.3. The summed E-state index contributed by atoms with van der Waals surface area (Å²) in [6.07, 6.45) is 0. The number of nitrogens with zero attached hydrogens (tertiary/aromatic N) is 3. The molecule has 13 rings (SSSR count). The molecule has 0 atom stereocenters. The van der Waals surface area contributed by atoms with Crippen LogP contribution in [0.1, 0.15) is 211 Å². The Morgan fingerprint density at radius 1 is 0.250 bits per heavy atom. The zero-order valence-electron chi connectivity index (χ0n) is 62.4. The topological polar surface area (TPSA) is 11.4 Å². The van der Waals surface area contributed by atoms with Crippen molar-refractivity contribution in [2.75, 3.05) is 9.80 Å². The van der Waals surface area contributed by atoms with Gasteiger partial charge in [-0.1, -0.05) is 294 Å². The minimum atomic E-state index is -0.109. The van der Waals surface area contributed by atoms with E-state index in [9.17, 15) is 0 Å². The van der Waals surface area contributed by atoms with E-state index in [4.69, 9.17) is 0 Å². The monoisotopic (exact) mass is 1260 g/mol. The fourth-order valence-corrected chi connectivity index (χ4v) is 14.7. The van der Waals surface area contributed by atoms with Gasteiger partial charge in [-0.25, -0.2) is 0 Å². The largest absolute Gasteiger partial charge is 0.311 e. The second-order valence-electron chi connectivity index (χ2n) is 36.6. The number of benzene rings is 10. The number of anilines is 6. The predicted molar refractivity (Wildman–Crippen MR) is 421 cm³/mol. The van der Waals surface area contributed by atoms with E-state index < -0.39 is 0 Å². The lowest BCUT2D eigenvalue weighted by Gasteiger charge is -2.44. The van der Waals surface area contributed by atoms with Crippen LogP contribution in [0.4, 0.5) is 34.1 Å². The summed E-state index contributed by atoms with van der Waals surface area (Å²) in [6, 6.07) is 77.1. The van der Waals surface area contributed by atoms with Gasteiger partial charge in [0.1, 0.15) is 0 Å². The molecule has 0 bridgehead atoms. The van der Waals surface area contributed by atoms with Gasteiger partial charge >= 0.3 is 0 Å². The van der Waals surface area contributed by atoms with Gasteiger partial charge in [-0.05, 0) is 204 Å². The van der Waals surface area contributed by atoms with E-state index in [0.717, 1.165) is 11.4 Å². The van der Waals surface area contributed by atoms with E-state index in [-0.39, 0.29) is 50.0 Å². The third kappa shape index (κ3) is 12.0. The van der Waals surface area contributed by atoms with Crippen LogP contribution in [0.2, 0.25) is 0 Å². The summed E-state index contributed by atoms with van der Waals surface area (Å²) in [5.41, 5.74) is 32.5. The van der Waals surface area contributed by atoms with E-state index in [1.807, 2.05) is 0 Å². The summed E-state index contributed by atoms with van der Waals surface area (Å²) in [6.45, 7) is 56.1. The number of fused-ring (bicyclic) bond motifs is 8. The molecule has 0 N–H and O–H groups in total. The highest BCUT2D eigenvalue weighted by Crippen LogP contribution is 2.51. The number of aromatic nitrogens is 1. The SMILES string of the molecule is CC(C)(C)c1cc(-c2ccc(N3c4cc(-c5cc(C(C)(C)C)cc(C(C)(C)C)c5)ccc4B4c5ccc6c(c5N(c5ccc(-c7cc(C(C)(C)C)cc(C(C)(C)C)c7)cc5)c5cccc3c54)c3ccccc3n6-c3cc(C(C)(C)C)cc(C(C)(C)C)c3)cc2)cc(C(C)(C)C)c1. The Morgan fingerprint density at radius 3 is 1.02 bits per heavy atom. The number of para-hydroxylation sites is 1. The van der Waals surface area contributed by atoms with E-state index >= 15 is 0 Å². The van der Waals surface area contributed by atoms with Crippen molar-refractivity contribution in [1.29, 1.82) is 0 Å². The Morgan fingerprint density at radius 2 is 0.604 bits per heavy atom. The highest BCUT2D eigenvalue weighted by atomic mass is 15.2. The van der Waals surface area contributed by atoms with Crippen LogP contribution < -0.4 is 26.2 Å². The molecular weight excluding hydrogens is 1160 g/mol. The van der Waals surface area contributed by atoms with E-state index in [1.54, 1.807) is 0 Å². The molecule has 3 heterocycles. The van der Waals surface area contributed by atoms with Crippen LogP contribution in [0.25, 0.3) is 60.9 Å². The average molecular weight is 1260 g/mol. The van der Waals surface area contributed by atoms with Gasteiger partial charge in [0.2, 0.25) is 0 Å². The molecule has 2 aliphatic rings. The molecule has 0 radical (unpaired) electrons. The number of hydrogen-bond donors (Lipinski definition) is 0. The van der Waals surface area contributed by atoms with Gasteiger partial charge in [0.05, 0.1) is 16.7 Å². The van der Waals surface area contributed by atoms with Crippen molar-refractivity contribution in [2.24, 2.45) is 0 Å². The van der Waals surface area contributed by atoms with Crippen molar-refractivity contribution in [3.05, 3.63) is 239 Å². The van der Waals surface area contributed by atoms with Gasteiger partial charge in [0.15, 0.2) is 0 Å². The Kier molecular flexibility index (Phi) is 15.6. The van der Waals surface area contributed by atoms with Crippen molar-refractivity contribution in [3.8, 4) is 39.1 Å². The lowest BCUT2D eigenvalue weighted by atomic mass is 9.33. The van der Waals surface area contributed by atoms with E-state index in [1.165, 1.54) is 145 Å². The third-order valence-corrected chi connectivity index (χ3v) is 20.9. The Balaban J connectivity index is 1.10. The zero-order chi connectivity index (χ0) is 69.1. The Hall–Kier alpha value is -8.34. The minimum absolute atomic E-state index is 0.00600. The van der Waals surface area contributed by atoms with Crippen molar-refractivity contribution >= 4 is 79.0 Å². The van der Waals surface area contributed by atoms with Crippen LogP contribution in [0, 0.1) is 0 Å². The molecule has 0 spiro atoms. The maximum atomic E-state index is 2.65. The third-order valence-electron chi connectivity index (χ3n) is 20.9. The minimum Gasteiger partial charge on any atom is -0.311 e. The van der Waals surface area contributed by atoms with Crippen molar-refractivity contribution in [2.45, 2.75) is 209 Å². The van der Waals surface area contributed by atoms with Crippen LogP contribution >= 0.6 is 0 Å². The van der Waals surface area contributed by atoms with Gasteiger partial charge in [0, 0.05) is 44.9 Å². The second-order valence-corrected chi connectivity index (χ2v) is 36.6. The fraction of sp³-hybridized carbons (Fsp3) is 0.348. The molecule has 0 amide bonds. The van der Waals surface area contributed by atoms with E-state index in [0.29, 0.717) is 0 Å². The zero-order valence-corrected chi connectivity index (χ0v) is 62.4. The van der Waals surface area contributed by atoms with Crippen LogP contribution in [0.3, 0.4) is 0 Å². The molecule has 1 aromatic heterocycles.